The van der Waals surface area contributed by atoms with Gasteiger partial charge in [0.05, 0.1) is 0 Å². The third-order valence-corrected chi connectivity index (χ3v) is 0. The van der Waals surface area contributed by atoms with E-state index >= 15 is 0 Å². The molecule has 0 aliphatic carbocycles. The SMILES string of the molecule is N.N.N.N.N.[Cl][Ru]. The fourth-order valence-corrected chi connectivity index (χ4v) is 0. The normalized spacial score (nSPS) is 0.857. The molecule has 0 aliphatic rings. The van der Waals surface area contributed by atoms with E-state index in [2.05, 4.69) is 9.69 Å². The third-order valence-electron chi connectivity index (χ3n) is 0. The van der Waals surface area contributed by atoms with Crippen LogP contribution in [0.2, 0.25) is 0 Å². The molecule has 0 aromatic rings. The summed E-state index contributed by atoms with van der Waals surface area (Å²) >= 11 is 1.82. The molecule has 0 saturated carbocycles. The van der Waals surface area contributed by atoms with E-state index in [1.807, 2.05) is 17.3 Å². The number of rotatable bonds is 0. The van der Waals surface area contributed by atoms with Crippen LogP contribution in [0.3, 0.4) is 0 Å². The molecule has 0 saturated heterocycles. The summed E-state index contributed by atoms with van der Waals surface area (Å²) in [6, 6.07) is 0. The van der Waals surface area contributed by atoms with E-state index in [-0.39, 0.29) is 30.8 Å². The Kier molecular flexibility index (Phi) is 7280. The molecule has 0 rings (SSSR count). The summed E-state index contributed by atoms with van der Waals surface area (Å²) < 4.78 is 0. The van der Waals surface area contributed by atoms with Crippen molar-refractivity contribution >= 4 is 9.69 Å². The molecule has 5 nitrogen and oxygen atoms in total. The van der Waals surface area contributed by atoms with Crippen LogP contribution in [-0.4, -0.2) is 0 Å². The van der Waals surface area contributed by atoms with E-state index in [4.69, 9.17) is 0 Å². The van der Waals surface area contributed by atoms with Crippen LogP contribution in [-0.2, 0) is 17.3 Å². The van der Waals surface area contributed by atoms with Crippen molar-refractivity contribution in [1.82, 2.24) is 30.8 Å². The van der Waals surface area contributed by atoms with Crippen LogP contribution in [0, 0.1) is 0 Å². The molecule has 0 bridgehead atoms. The second-order valence-electron chi connectivity index (χ2n) is 0. The summed E-state index contributed by atoms with van der Waals surface area (Å²) in [7, 11) is 4.57. The van der Waals surface area contributed by atoms with Crippen molar-refractivity contribution < 1.29 is 17.3 Å². The summed E-state index contributed by atoms with van der Waals surface area (Å²) in [5.74, 6) is 0. The monoisotopic (exact) mass is 222 g/mol. The molecular formula is H15ClN5Ru. The fraction of sp³-hybridized carbons (Fsp3) is 0. The van der Waals surface area contributed by atoms with Gasteiger partial charge in [-0.25, -0.2) is 0 Å². The average Bonchev–Trinajstić information content (AvgIpc) is 1.00. The molecule has 55 valence electrons. The third kappa shape index (κ3) is 293. The average molecular weight is 222 g/mol. The van der Waals surface area contributed by atoms with Crippen LogP contribution >= 0.6 is 9.69 Å². The van der Waals surface area contributed by atoms with Gasteiger partial charge in [0.1, 0.15) is 0 Å². The zero-order chi connectivity index (χ0) is 2.00. The molecule has 0 spiro atoms. The quantitative estimate of drug-likeness (QED) is 0.389. The molecule has 0 fully saturated rings. The Morgan fingerprint density at radius 2 is 0.571 bits per heavy atom. The van der Waals surface area contributed by atoms with Gasteiger partial charge in [-0.3, -0.25) is 0 Å². The molecule has 0 radical (unpaired) electrons. The van der Waals surface area contributed by atoms with E-state index < -0.39 is 0 Å². The van der Waals surface area contributed by atoms with Crippen molar-refractivity contribution in [2.75, 3.05) is 0 Å². The maximum absolute atomic E-state index is 4.57. The van der Waals surface area contributed by atoms with Gasteiger partial charge in [-0.1, -0.05) is 0 Å². The molecule has 0 aromatic heterocycles. The topological polar surface area (TPSA) is 175 Å². The summed E-state index contributed by atoms with van der Waals surface area (Å²) in [5, 5.41) is 0. The Balaban J connectivity index is -0.000000000500. The van der Waals surface area contributed by atoms with Gasteiger partial charge in [-0.15, -0.1) is 0 Å². The zero-order valence-corrected chi connectivity index (χ0v) is 6.76. The van der Waals surface area contributed by atoms with E-state index in [9.17, 15) is 0 Å². The molecule has 0 heterocycles. The second-order valence-corrected chi connectivity index (χ2v) is 0. The van der Waals surface area contributed by atoms with Crippen molar-refractivity contribution in [2.45, 2.75) is 0 Å². The van der Waals surface area contributed by atoms with Crippen LogP contribution in [0.25, 0.3) is 0 Å². The first kappa shape index (κ1) is 118. The van der Waals surface area contributed by atoms with Gasteiger partial charge in [0.15, 0.2) is 0 Å². The van der Waals surface area contributed by atoms with Gasteiger partial charge >= 0.3 is 27.0 Å². The molecular weight excluding hydrogens is 207 g/mol. The Labute approximate surface area is 58.2 Å². The van der Waals surface area contributed by atoms with Gasteiger partial charge in [-0.2, -0.15) is 0 Å². The van der Waals surface area contributed by atoms with Crippen molar-refractivity contribution in [3.63, 3.8) is 0 Å². The molecule has 7 heavy (non-hydrogen) atoms. The standard InChI is InChI=1S/ClH.5H3N.Ru/h1H;5*1H3;/q;;;;;;+1/p-1. The van der Waals surface area contributed by atoms with Crippen molar-refractivity contribution in [3.05, 3.63) is 0 Å². The Morgan fingerprint density at radius 3 is 0.571 bits per heavy atom. The first-order chi connectivity index (χ1) is 1.00. The van der Waals surface area contributed by atoms with E-state index in [0.717, 1.165) is 0 Å². The molecule has 0 unspecified atom stereocenters. The Bertz CT molecular complexity index is 8.04. The number of halogens is 1. The van der Waals surface area contributed by atoms with Gasteiger partial charge < -0.3 is 30.8 Å². The van der Waals surface area contributed by atoms with Crippen LogP contribution in [0.1, 0.15) is 0 Å². The summed E-state index contributed by atoms with van der Waals surface area (Å²) in [6.07, 6.45) is 0. The number of hydrogen-bond donors (Lipinski definition) is 5. The second kappa shape index (κ2) is 431. The predicted molar refractivity (Wildman–Crippen MR) is 31.0 cm³/mol. The minimum absolute atomic E-state index is 0. The first-order valence-corrected chi connectivity index (χ1v) is 2.37. The first-order valence-electron chi connectivity index (χ1n) is 0.134. The van der Waals surface area contributed by atoms with Gasteiger partial charge in [-0.05, 0) is 0 Å². The number of hydrogen-bond acceptors (Lipinski definition) is 5. The molecule has 0 atom stereocenters. The molecule has 0 aromatic carbocycles. The van der Waals surface area contributed by atoms with Crippen molar-refractivity contribution in [1.29, 1.82) is 0 Å². The fourth-order valence-electron chi connectivity index (χ4n) is 0. The minimum atomic E-state index is 0. The zero-order valence-electron chi connectivity index (χ0n) is 4.27. The Hall–Kier alpha value is 0.713. The summed E-state index contributed by atoms with van der Waals surface area (Å²) in [5.41, 5.74) is 0. The van der Waals surface area contributed by atoms with Crippen LogP contribution in [0.4, 0.5) is 0 Å². The molecule has 0 amide bonds. The van der Waals surface area contributed by atoms with E-state index in [1.54, 1.807) is 0 Å². The van der Waals surface area contributed by atoms with Crippen molar-refractivity contribution in [2.24, 2.45) is 0 Å². The van der Waals surface area contributed by atoms with Gasteiger partial charge in [0, 0.05) is 0 Å². The molecule has 7 heteroatoms. The summed E-state index contributed by atoms with van der Waals surface area (Å²) in [4.78, 5) is 0. The predicted octanol–water partition coefficient (Wildman–Crippen LogP) is 1.50. The maximum atomic E-state index is 4.57. The molecule has 0 aliphatic heterocycles. The van der Waals surface area contributed by atoms with Crippen LogP contribution in [0.5, 0.6) is 0 Å². The van der Waals surface area contributed by atoms with Gasteiger partial charge in [0.2, 0.25) is 0 Å². The Morgan fingerprint density at radius 1 is 0.571 bits per heavy atom. The van der Waals surface area contributed by atoms with E-state index in [0.29, 0.717) is 0 Å². The van der Waals surface area contributed by atoms with Crippen molar-refractivity contribution in [3.8, 4) is 0 Å². The molecule has 15 N–H and O–H groups in total. The van der Waals surface area contributed by atoms with E-state index in [1.165, 1.54) is 0 Å². The summed E-state index contributed by atoms with van der Waals surface area (Å²) in [6.45, 7) is 0. The van der Waals surface area contributed by atoms with Gasteiger partial charge in [0.25, 0.3) is 0 Å². The van der Waals surface area contributed by atoms with Crippen LogP contribution < -0.4 is 30.8 Å². The van der Waals surface area contributed by atoms with Crippen LogP contribution in [0.15, 0.2) is 0 Å².